The zero-order valence-corrected chi connectivity index (χ0v) is 15.5. The van der Waals surface area contributed by atoms with Crippen LogP contribution in [0.2, 0.25) is 0 Å². The van der Waals surface area contributed by atoms with E-state index in [0.717, 1.165) is 6.42 Å². The molecule has 0 unspecified atom stereocenters. The second kappa shape index (κ2) is 22.2. The number of hydrogen-bond acceptors (Lipinski definition) is 2. The molecule has 0 aliphatic heterocycles. The Labute approximate surface area is 135 Å². The van der Waals surface area contributed by atoms with Gasteiger partial charge < -0.3 is 10.0 Å². The fourth-order valence-electron chi connectivity index (χ4n) is 2.31. The topological polar surface area (TPSA) is 23.5 Å². The normalized spacial score (nSPS) is 10.6. The Kier molecular flexibility index (Phi) is 24.5. The summed E-state index contributed by atoms with van der Waals surface area (Å²) in [6, 6.07) is 0. The molecule has 0 bridgehead atoms. The van der Waals surface area contributed by atoms with Crippen molar-refractivity contribution in [3.63, 3.8) is 0 Å². The highest BCUT2D eigenvalue weighted by molar-refractivity contribution is 4.48. The van der Waals surface area contributed by atoms with Crippen LogP contribution in [0.1, 0.15) is 96.8 Å². The van der Waals surface area contributed by atoms with Crippen molar-refractivity contribution in [2.45, 2.75) is 96.8 Å². The minimum absolute atomic E-state index is 0.373. The quantitative estimate of drug-likeness (QED) is 0.420. The summed E-state index contributed by atoms with van der Waals surface area (Å²) in [4.78, 5) is 2.00. The van der Waals surface area contributed by atoms with Gasteiger partial charge >= 0.3 is 0 Å². The molecular formula is C19H43NO. The molecule has 0 spiro atoms. The van der Waals surface area contributed by atoms with E-state index in [-0.39, 0.29) is 0 Å². The molecule has 2 heteroatoms. The van der Waals surface area contributed by atoms with Crippen molar-refractivity contribution >= 4 is 0 Å². The molecule has 0 saturated heterocycles. The highest BCUT2D eigenvalue weighted by Gasteiger charge is 1.93. The lowest BCUT2D eigenvalue weighted by atomic mass is 10.0. The van der Waals surface area contributed by atoms with Crippen LogP contribution in [0.5, 0.6) is 0 Å². The van der Waals surface area contributed by atoms with E-state index in [1.54, 1.807) is 0 Å². The molecule has 0 aromatic rings. The average Bonchev–Trinajstić information content (AvgIpc) is 2.43. The van der Waals surface area contributed by atoms with Gasteiger partial charge in [-0.2, -0.15) is 0 Å². The third-order valence-electron chi connectivity index (χ3n) is 3.51. The van der Waals surface area contributed by atoms with Crippen molar-refractivity contribution in [3.8, 4) is 0 Å². The molecule has 0 heterocycles. The monoisotopic (exact) mass is 301 g/mol. The minimum Gasteiger partial charge on any atom is -0.396 e. The van der Waals surface area contributed by atoms with Gasteiger partial charge in [0, 0.05) is 6.61 Å². The second-order valence-corrected chi connectivity index (χ2v) is 6.66. The van der Waals surface area contributed by atoms with Gasteiger partial charge in [0.15, 0.2) is 0 Å². The smallest absolute Gasteiger partial charge is 0.0431 e. The Balaban J connectivity index is 0. The zero-order valence-electron chi connectivity index (χ0n) is 15.5. The lowest BCUT2D eigenvalue weighted by Gasteiger charge is -2.02. The summed E-state index contributed by atoms with van der Waals surface area (Å²) in [6.45, 7) is 2.65. The van der Waals surface area contributed by atoms with Gasteiger partial charge in [-0.15, -0.1) is 0 Å². The average molecular weight is 302 g/mol. The molecule has 1 N–H and O–H groups in total. The number of nitrogens with zero attached hydrogens (tertiary/aromatic N) is 1. The maximum absolute atomic E-state index is 8.64. The van der Waals surface area contributed by atoms with Crippen LogP contribution in [0, 0.1) is 0 Å². The molecule has 0 aliphatic carbocycles. The molecular weight excluding hydrogens is 258 g/mol. The molecule has 0 aromatic heterocycles. The van der Waals surface area contributed by atoms with Gasteiger partial charge in [-0.3, -0.25) is 0 Å². The van der Waals surface area contributed by atoms with Gasteiger partial charge in [-0.05, 0) is 27.6 Å². The van der Waals surface area contributed by atoms with Gasteiger partial charge in [0.2, 0.25) is 0 Å². The van der Waals surface area contributed by atoms with Crippen LogP contribution in [0.4, 0.5) is 0 Å². The molecule has 0 saturated carbocycles. The fraction of sp³-hybridized carbons (Fsp3) is 1.00. The highest BCUT2D eigenvalue weighted by atomic mass is 16.2. The predicted molar refractivity (Wildman–Crippen MR) is 97.0 cm³/mol. The van der Waals surface area contributed by atoms with E-state index in [1.165, 1.54) is 83.5 Å². The summed E-state index contributed by atoms with van der Waals surface area (Å²) in [5.41, 5.74) is 0. The van der Waals surface area contributed by atoms with E-state index in [1.807, 2.05) is 26.0 Å². The number of unbranched alkanes of at least 4 members (excludes halogenated alkanes) is 13. The second-order valence-electron chi connectivity index (χ2n) is 6.66. The lowest BCUT2D eigenvalue weighted by Crippen LogP contribution is -1.99. The van der Waals surface area contributed by atoms with E-state index < -0.39 is 0 Å². The van der Waals surface area contributed by atoms with E-state index in [0.29, 0.717) is 6.61 Å². The third-order valence-corrected chi connectivity index (χ3v) is 3.51. The maximum atomic E-state index is 8.64. The number of rotatable bonds is 14. The SMILES string of the molecule is CCCCCCCCCCCCCCCCO.CN(C)C. The Morgan fingerprint density at radius 2 is 0.762 bits per heavy atom. The molecule has 0 amide bonds. The lowest BCUT2D eigenvalue weighted by molar-refractivity contribution is 0.282. The first-order valence-electron chi connectivity index (χ1n) is 9.36. The van der Waals surface area contributed by atoms with Crippen molar-refractivity contribution in [2.75, 3.05) is 27.7 Å². The predicted octanol–water partition coefficient (Wildman–Crippen LogP) is 5.64. The van der Waals surface area contributed by atoms with Crippen molar-refractivity contribution in [2.24, 2.45) is 0 Å². The first kappa shape index (κ1) is 23.2. The van der Waals surface area contributed by atoms with Crippen molar-refractivity contribution in [1.29, 1.82) is 0 Å². The molecule has 0 aromatic carbocycles. The van der Waals surface area contributed by atoms with Crippen LogP contribution >= 0.6 is 0 Å². The minimum atomic E-state index is 0.373. The van der Waals surface area contributed by atoms with Crippen LogP contribution < -0.4 is 0 Å². The molecule has 0 rings (SSSR count). The van der Waals surface area contributed by atoms with E-state index in [9.17, 15) is 0 Å². The number of aliphatic hydroxyl groups excluding tert-OH is 1. The Morgan fingerprint density at radius 1 is 0.524 bits per heavy atom. The summed E-state index contributed by atoms with van der Waals surface area (Å²) >= 11 is 0. The summed E-state index contributed by atoms with van der Waals surface area (Å²) in [7, 11) is 6.00. The van der Waals surface area contributed by atoms with E-state index >= 15 is 0 Å². The largest absolute Gasteiger partial charge is 0.396 e. The summed E-state index contributed by atoms with van der Waals surface area (Å²) in [5, 5.41) is 8.64. The number of hydrogen-bond donors (Lipinski definition) is 1. The van der Waals surface area contributed by atoms with Crippen LogP contribution in [0.25, 0.3) is 0 Å². The molecule has 0 radical (unpaired) electrons. The van der Waals surface area contributed by atoms with Gasteiger partial charge in [-0.25, -0.2) is 0 Å². The zero-order chi connectivity index (χ0) is 16.2. The van der Waals surface area contributed by atoms with E-state index in [4.69, 9.17) is 5.11 Å². The third kappa shape index (κ3) is 33.0. The van der Waals surface area contributed by atoms with Crippen LogP contribution in [-0.4, -0.2) is 37.8 Å². The highest BCUT2D eigenvalue weighted by Crippen LogP contribution is 2.12. The van der Waals surface area contributed by atoms with Crippen molar-refractivity contribution in [3.05, 3.63) is 0 Å². The molecule has 0 fully saturated rings. The summed E-state index contributed by atoms with van der Waals surface area (Å²) in [6.07, 6.45) is 19.2. The first-order valence-corrected chi connectivity index (χ1v) is 9.36. The van der Waals surface area contributed by atoms with Crippen molar-refractivity contribution in [1.82, 2.24) is 4.90 Å². The standard InChI is InChI=1S/C16H34O.C3H9N/c1-2-3-4-5-6-7-8-9-10-11-12-13-14-15-16-17;1-4(2)3/h17H,2-16H2,1H3;1-3H3. The van der Waals surface area contributed by atoms with Crippen LogP contribution in [0.3, 0.4) is 0 Å². The van der Waals surface area contributed by atoms with Crippen LogP contribution in [0.15, 0.2) is 0 Å². The van der Waals surface area contributed by atoms with Crippen molar-refractivity contribution < 1.29 is 5.11 Å². The number of aliphatic hydroxyl groups is 1. The first-order chi connectivity index (χ1) is 10.1. The van der Waals surface area contributed by atoms with Crippen LogP contribution in [-0.2, 0) is 0 Å². The Morgan fingerprint density at radius 3 is 1.00 bits per heavy atom. The molecule has 2 nitrogen and oxygen atoms in total. The fourth-order valence-corrected chi connectivity index (χ4v) is 2.31. The molecule has 0 atom stereocenters. The summed E-state index contributed by atoms with van der Waals surface area (Å²) < 4.78 is 0. The maximum Gasteiger partial charge on any atom is 0.0431 e. The van der Waals surface area contributed by atoms with Gasteiger partial charge in [0.1, 0.15) is 0 Å². The molecule has 0 aliphatic rings. The van der Waals surface area contributed by atoms with E-state index in [2.05, 4.69) is 6.92 Å². The Hall–Kier alpha value is -0.0800. The Bertz CT molecular complexity index is 143. The summed E-state index contributed by atoms with van der Waals surface area (Å²) in [5.74, 6) is 0. The van der Waals surface area contributed by atoms with Gasteiger partial charge in [-0.1, -0.05) is 90.4 Å². The molecule has 130 valence electrons. The van der Waals surface area contributed by atoms with Gasteiger partial charge in [0.05, 0.1) is 0 Å². The molecule has 21 heavy (non-hydrogen) atoms. The van der Waals surface area contributed by atoms with Gasteiger partial charge in [0.25, 0.3) is 0 Å².